The third-order valence-corrected chi connectivity index (χ3v) is 4.94. The highest BCUT2D eigenvalue weighted by atomic mass is 16.3. The van der Waals surface area contributed by atoms with Crippen LogP contribution in [0.5, 0.6) is 0 Å². The minimum absolute atomic E-state index is 0.0123. The molecule has 118 valence electrons. The number of rotatable bonds is 3. The van der Waals surface area contributed by atoms with Crippen molar-refractivity contribution < 1.29 is 5.11 Å². The molecule has 1 heterocycles. The molecule has 2 rings (SSSR count). The first-order chi connectivity index (χ1) is 9.82. The van der Waals surface area contributed by atoms with E-state index in [9.17, 15) is 4.79 Å². The number of aliphatic hydroxyl groups is 1. The van der Waals surface area contributed by atoms with Crippen LogP contribution < -0.4 is 5.56 Å². The zero-order chi connectivity index (χ0) is 15.6. The van der Waals surface area contributed by atoms with Crippen molar-refractivity contribution in [3.8, 4) is 0 Å². The van der Waals surface area contributed by atoms with E-state index in [4.69, 9.17) is 5.11 Å². The summed E-state index contributed by atoms with van der Waals surface area (Å²) in [7, 11) is 0. The van der Waals surface area contributed by atoms with Gasteiger partial charge in [-0.3, -0.25) is 4.79 Å². The average Bonchev–Trinajstić information content (AvgIpc) is 2.42. The molecule has 4 nitrogen and oxygen atoms in total. The van der Waals surface area contributed by atoms with E-state index in [1.54, 1.807) is 0 Å². The van der Waals surface area contributed by atoms with Crippen molar-refractivity contribution >= 4 is 0 Å². The second-order valence-corrected chi connectivity index (χ2v) is 7.40. The minimum Gasteiger partial charge on any atom is -0.396 e. The summed E-state index contributed by atoms with van der Waals surface area (Å²) < 4.78 is 0. The lowest BCUT2D eigenvalue weighted by molar-refractivity contribution is 0.167. The molecule has 1 fully saturated rings. The predicted molar refractivity (Wildman–Crippen MR) is 84.5 cm³/mol. The first-order valence-electron chi connectivity index (χ1n) is 8.03. The molecule has 2 N–H and O–H groups in total. The lowest BCUT2D eigenvalue weighted by Gasteiger charge is -2.36. The molecule has 1 saturated carbocycles. The zero-order valence-electron chi connectivity index (χ0n) is 13.7. The first-order valence-corrected chi connectivity index (χ1v) is 8.03. The average molecular weight is 292 g/mol. The van der Waals surface area contributed by atoms with Gasteiger partial charge in [-0.1, -0.05) is 20.8 Å². The zero-order valence-corrected chi connectivity index (χ0v) is 13.7. The van der Waals surface area contributed by atoms with Gasteiger partial charge in [-0.2, -0.15) is 0 Å². The molecule has 0 aromatic carbocycles. The van der Waals surface area contributed by atoms with Crippen LogP contribution in [0.15, 0.2) is 4.79 Å². The van der Waals surface area contributed by atoms with E-state index in [0.29, 0.717) is 23.3 Å². The topological polar surface area (TPSA) is 66.0 Å². The number of aryl methyl sites for hydroxylation is 1. The maximum Gasteiger partial charge on any atom is 0.254 e. The number of aromatic amines is 1. The van der Waals surface area contributed by atoms with Gasteiger partial charge in [0.15, 0.2) is 0 Å². The Morgan fingerprint density at radius 3 is 2.33 bits per heavy atom. The van der Waals surface area contributed by atoms with Crippen LogP contribution in [0.3, 0.4) is 0 Å². The Kier molecular flexibility index (Phi) is 4.87. The van der Waals surface area contributed by atoms with Crippen LogP contribution in [0, 0.1) is 18.3 Å². The normalized spacial score (nSPS) is 23.3. The Morgan fingerprint density at radius 1 is 1.24 bits per heavy atom. The number of hydrogen-bond acceptors (Lipinski definition) is 3. The highest BCUT2D eigenvalue weighted by Crippen LogP contribution is 2.42. The highest BCUT2D eigenvalue weighted by Gasteiger charge is 2.31. The molecule has 1 aromatic heterocycles. The molecule has 0 bridgehead atoms. The van der Waals surface area contributed by atoms with Gasteiger partial charge in [0.05, 0.1) is 0 Å². The molecule has 0 saturated heterocycles. The standard InChI is InChI=1S/C17H28N2O2/c1-11-14(9-10-20)16(21)19-15(18-11)12-5-7-13(8-6-12)17(2,3)4/h12-13,20H,5-10H2,1-4H3,(H,18,19,21). The molecular formula is C17H28N2O2. The third kappa shape index (κ3) is 3.73. The van der Waals surface area contributed by atoms with Crippen LogP contribution in [0.4, 0.5) is 0 Å². The molecule has 1 aromatic rings. The van der Waals surface area contributed by atoms with Crippen molar-refractivity contribution in [1.29, 1.82) is 0 Å². The molecule has 0 atom stereocenters. The maximum atomic E-state index is 12.1. The Morgan fingerprint density at radius 2 is 1.86 bits per heavy atom. The minimum atomic E-state index is -0.0792. The van der Waals surface area contributed by atoms with Crippen molar-refractivity contribution in [2.75, 3.05) is 6.61 Å². The fourth-order valence-corrected chi connectivity index (χ4v) is 3.46. The van der Waals surface area contributed by atoms with Crippen molar-refractivity contribution in [2.24, 2.45) is 11.3 Å². The van der Waals surface area contributed by atoms with Gasteiger partial charge in [0.2, 0.25) is 0 Å². The molecule has 0 aliphatic heterocycles. The molecule has 0 amide bonds. The summed E-state index contributed by atoms with van der Waals surface area (Å²) >= 11 is 0. The van der Waals surface area contributed by atoms with Gasteiger partial charge in [0.25, 0.3) is 5.56 Å². The molecule has 1 aliphatic rings. The Labute approximate surface area is 127 Å². The third-order valence-electron chi connectivity index (χ3n) is 4.94. The van der Waals surface area contributed by atoms with Crippen LogP contribution in [0.1, 0.15) is 69.5 Å². The van der Waals surface area contributed by atoms with E-state index in [-0.39, 0.29) is 12.2 Å². The van der Waals surface area contributed by atoms with E-state index < -0.39 is 0 Å². The van der Waals surface area contributed by atoms with Crippen LogP contribution in [-0.2, 0) is 6.42 Å². The van der Waals surface area contributed by atoms with E-state index >= 15 is 0 Å². The number of hydrogen-bond donors (Lipinski definition) is 2. The van der Waals surface area contributed by atoms with E-state index in [0.717, 1.165) is 30.3 Å². The smallest absolute Gasteiger partial charge is 0.254 e. The summed E-state index contributed by atoms with van der Waals surface area (Å²) in [5, 5.41) is 9.01. The fraction of sp³-hybridized carbons (Fsp3) is 0.765. The summed E-state index contributed by atoms with van der Waals surface area (Å²) in [6.45, 7) is 8.79. The van der Waals surface area contributed by atoms with Crippen LogP contribution in [-0.4, -0.2) is 21.7 Å². The molecule has 0 unspecified atom stereocenters. The number of nitrogens with zero attached hydrogens (tertiary/aromatic N) is 1. The van der Waals surface area contributed by atoms with E-state index in [2.05, 4.69) is 30.7 Å². The molecule has 0 spiro atoms. The summed E-state index contributed by atoms with van der Waals surface area (Å²) in [5.74, 6) is 1.97. The lowest BCUT2D eigenvalue weighted by atomic mass is 9.69. The fourth-order valence-electron chi connectivity index (χ4n) is 3.46. The number of aliphatic hydroxyl groups excluding tert-OH is 1. The number of H-pyrrole nitrogens is 1. The van der Waals surface area contributed by atoms with E-state index in [1.807, 2.05) is 6.92 Å². The first kappa shape index (κ1) is 16.2. The van der Waals surface area contributed by atoms with E-state index in [1.165, 1.54) is 12.8 Å². The summed E-state index contributed by atoms with van der Waals surface area (Å²) in [4.78, 5) is 19.7. The van der Waals surface area contributed by atoms with Crippen molar-refractivity contribution in [2.45, 2.75) is 65.7 Å². The second kappa shape index (κ2) is 6.30. The Bertz CT molecular complexity index is 535. The van der Waals surface area contributed by atoms with Gasteiger partial charge in [-0.15, -0.1) is 0 Å². The molecule has 21 heavy (non-hydrogen) atoms. The quantitative estimate of drug-likeness (QED) is 0.900. The highest BCUT2D eigenvalue weighted by molar-refractivity contribution is 5.18. The molecule has 4 heteroatoms. The van der Waals surface area contributed by atoms with Gasteiger partial charge in [0, 0.05) is 30.2 Å². The lowest BCUT2D eigenvalue weighted by Crippen LogP contribution is -2.27. The SMILES string of the molecule is Cc1nc(C2CCC(C(C)(C)C)CC2)[nH]c(=O)c1CCO. The van der Waals surface area contributed by atoms with Crippen LogP contribution in [0.25, 0.3) is 0 Å². The van der Waals surface area contributed by atoms with Gasteiger partial charge < -0.3 is 10.1 Å². The second-order valence-electron chi connectivity index (χ2n) is 7.40. The molecule has 1 aliphatic carbocycles. The number of aromatic nitrogens is 2. The predicted octanol–water partition coefficient (Wildman–Crippen LogP) is 2.93. The molecular weight excluding hydrogens is 264 g/mol. The van der Waals surface area contributed by atoms with Gasteiger partial charge in [-0.05, 0) is 43.9 Å². The number of nitrogens with one attached hydrogen (secondary N) is 1. The molecule has 0 radical (unpaired) electrons. The van der Waals surface area contributed by atoms with Crippen LogP contribution >= 0.6 is 0 Å². The maximum absolute atomic E-state index is 12.1. The van der Waals surface area contributed by atoms with Gasteiger partial charge in [0.1, 0.15) is 5.82 Å². The Hall–Kier alpha value is -1.16. The van der Waals surface area contributed by atoms with Crippen LogP contribution in [0.2, 0.25) is 0 Å². The van der Waals surface area contributed by atoms with Crippen molar-refractivity contribution in [3.63, 3.8) is 0 Å². The van der Waals surface area contributed by atoms with Gasteiger partial charge in [-0.25, -0.2) is 4.98 Å². The van der Waals surface area contributed by atoms with Gasteiger partial charge >= 0.3 is 0 Å². The largest absolute Gasteiger partial charge is 0.396 e. The summed E-state index contributed by atoms with van der Waals surface area (Å²) in [6.07, 6.45) is 4.99. The Balaban J connectivity index is 2.13. The van der Waals surface area contributed by atoms with Crippen molar-refractivity contribution in [3.05, 3.63) is 27.4 Å². The van der Waals surface area contributed by atoms with Crippen molar-refractivity contribution in [1.82, 2.24) is 9.97 Å². The monoisotopic (exact) mass is 292 g/mol. The summed E-state index contributed by atoms with van der Waals surface area (Å²) in [5.41, 5.74) is 1.67. The summed E-state index contributed by atoms with van der Waals surface area (Å²) in [6, 6.07) is 0.